The molecule has 1 fully saturated rings. The zero-order chi connectivity index (χ0) is 11.4. The molecule has 0 aliphatic carbocycles. The van der Waals surface area contributed by atoms with Crippen molar-refractivity contribution in [2.75, 3.05) is 26.0 Å². The van der Waals surface area contributed by atoms with Crippen LogP contribution in [-0.4, -0.2) is 36.0 Å². The minimum Gasteiger partial charge on any atom is -0.396 e. The SMILES string of the molecule is CSc1ccccc1CN1CCC(CO)C1. The third-order valence-electron chi connectivity index (χ3n) is 3.21. The number of hydrogen-bond acceptors (Lipinski definition) is 3. The van der Waals surface area contributed by atoms with Gasteiger partial charge in [-0.1, -0.05) is 18.2 Å². The summed E-state index contributed by atoms with van der Waals surface area (Å²) < 4.78 is 0. The van der Waals surface area contributed by atoms with Gasteiger partial charge in [0.25, 0.3) is 0 Å². The van der Waals surface area contributed by atoms with Gasteiger partial charge in [0.15, 0.2) is 0 Å². The Bertz CT molecular complexity index is 342. The summed E-state index contributed by atoms with van der Waals surface area (Å²) in [6.07, 6.45) is 3.26. The number of hydrogen-bond donors (Lipinski definition) is 1. The molecule has 1 aliphatic heterocycles. The summed E-state index contributed by atoms with van der Waals surface area (Å²) in [6.45, 7) is 3.52. The van der Waals surface area contributed by atoms with Crippen LogP contribution < -0.4 is 0 Å². The maximum atomic E-state index is 9.12. The number of rotatable bonds is 4. The molecule has 1 unspecified atom stereocenters. The van der Waals surface area contributed by atoms with E-state index in [0.717, 1.165) is 26.1 Å². The van der Waals surface area contributed by atoms with Crippen LogP contribution in [0.2, 0.25) is 0 Å². The van der Waals surface area contributed by atoms with Crippen molar-refractivity contribution >= 4 is 11.8 Å². The van der Waals surface area contributed by atoms with Crippen molar-refractivity contribution in [3.05, 3.63) is 29.8 Å². The molecule has 0 saturated carbocycles. The fourth-order valence-electron chi connectivity index (χ4n) is 2.28. The molecule has 0 bridgehead atoms. The predicted octanol–water partition coefficient (Wildman–Crippen LogP) is 2.22. The molecular weight excluding hydrogens is 218 g/mol. The predicted molar refractivity (Wildman–Crippen MR) is 68.7 cm³/mol. The molecular formula is C13H19NOS. The van der Waals surface area contributed by atoms with E-state index >= 15 is 0 Å². The van der Waals surface area contributed by atoms with Crippen LogP contribution in [0, 0.1) is 5.92 Å². The molecule has 1 heterocycles. The molecule has 0 spiro atoms. The van der Waals surface area contributed by atoms with Gasteiger partial charge in [0.05, 0.1) is 0 Å². The first kappa shape index (κ1) is 12.0. The summed E-state index contributed by atoms with van der Waals surface area (Å²) in [5.74, 6) is 0.487. The van der Waals surface area contributed by atoms with Crippen LogP contribution in [0.15, 0.2) is 29.2 Å². The molecule has 3 heteroatoms. The molecule has 2 rings (SSSR count). The maximum absolute atomic E-state index is 9.12. The van der Waals surface area contributed by atoms with Crippen molar-refractivity contribution in [1.82, 2.24) is 4.90 Å². The molecule has 1 aromatic rings. The molecule has 1 aromatic carbocycles. The topological polar surface area (TPSA) is 23.5 Å². The molecule has 2 nitrogen and oxygen atoms in total. The fourth-order valence-corrected chi connectivity index (χ4v) is 2.89. The summed E-state index contributed by atoms with van der Waals surface area (Å²) in [6, 6.07) is 8.59. The monoisotopic (exact) mass is 237 g/mol. The van der Waals surface area contributed by atoms with Crippen LogP contribution in [0.3, 0.4) is 0 Å². The van der Waals surface area contributed by atoms with Gasteiger partial charge in [-0.2, -0.15) is 0 Å². The largest absolute Gasteiger partial charge is 0.396 e. The Morgan fingerprint density at radius 3 is 2.94 bits per heavy atom. The van der Waals surface area contributed by atoms with E-state index in [1.165, 1.54) is 10.5 Å². The van der Waals surface area contributed by atoms with Gasteiger partial charge in [-0.15, -0.1) is 11.8 Å². The lowest BCUT2D eigenvalue weighted by atomic mass is 10.1. The second kappa shape index (κ2) is 5.71. The Labute approximate surface area is 102 Å². The van der Waals surface area contributed by atoms with E-state index in [-0.39, 0.29) is 0 Å². The van der Waals surface area contributed by atoms with Crippen LogP contribution in [0.4, 0.5) is 0 Å². The molecule has 0 aromatic heterocycles. The molecule has 0 radical (unpaired) electrons. The molecule has 88 valence electrons. The lowest BCUT2D eigenvalue weighted by Gasteiger charge is -2.17. The van der Waals surface area contributed by atoms with Crippen molar-refractivity contribution in [2.45, 2.75) is 17.9 Å². The van der Waals surface area contributed by atoms with Gasteiger partial charge < -0.3 is 5.11 Å². The van der Waals surface area contributed by atoms with Crippen molar-refractivity contribution in [1.29, 1.82) is 0 Å². The quantitative estimate of drug-likeness (QED) is 0.812. The third kappa shape index (κ3) is 2.78. The lowest BCUT2D eigenvalue weighted by Crippen LogP contribution is -2.21. The molecule has 1 N–H and O–H groups in total. The summed E-state index contributed by atoms with van der Waals surface area (Å²) in [4.78, 5) is 3.81. The first-order valence-electron chi connectivity index (χ1n) is 5.78. The summed E-state index contributed by atoms with van der Waals surface area (Å²) >= 11 is 1.81. The first-order chi connectivity index (χ1) is 7.83. The van der Waals surface area contributed by atoms with Gasteiger partial charge in [0.2, 0.25) is 0 Å². The number of thioether (sulfide) groups is 1. The standard InChI is InChI=1S/C13H19NOS/c1-16-13-5-3-2-4-12(13)9-14-7-6-11(8-14)10-15/h2-5,11,15H,6-10H2,1H3. The van der Waals surface area contributed by atoms with Gasteiger partial charge in [-0.25, -0.2) is 0 Å². The second-order valence-corrected chi connectivity index (χ2v) is 5.23. The van der Waals surface area contributed by atoms with E-state index in [9.17, 15) is 0 Å². The second-order valence-electron chi connectivity index (χ2n) is 4.38. The zero-order valence-corrected chi connectivity index (χ0v) is 10.5. The van der Waals surface area contributed by atoms with Crippen molar-refractivity contribution in [2.24, 2.45) is 5.92 Å². The average molecular weight is 237 g/mol. The van der Waals surface area contributed by atoms with E-state index in [1.54, 1.807) is 0 Å². The van der Waals surface area contributed by atoms with Crippen LogP contribution in [0.5, 0.6) is 0 Å². The van der Waals surface area contributed by atoms with Gasteiger partial charge in [-0.05, 0) is 36.8 Å². The van der Waals surface area contributed by atoms with E-state index < -0.39 is 0 Å². The van der Waals surface area contributed by atoms with Crippen molar-refractivity contribution in [3.8, 4) is 0 Å². The van der Waals surface area contributed by atoms with Crippen LogP contribution in [0.25, 0.3) is 0 Å². The molecule has 1 aliphatic rings. The summed E-state index contributed by atoms with van der Waals surface area (Å²) in [5, 5.41) is 9.12. The Morgan fingerprint density at radius 2 is 2.25 bits per heavy atom. The Kier molecular flexibility index (Phi) is 4.27. The smallest absolute Gasteiger partial charge is 0.0471 e. The number of likely N-dealkylation sites (tertiary alicyclic amines) is 1. The Morgan fingerprint density at radius 1 is 1.44 bits per heavy atom. The zero-order valence-electron chi connectivity index (χ0n) is 9.72. The van der Waals surface area contributed by atoms with Gasteiger partial charge >= 0.3 is 0 Å². The van der Waals surface area contributed by atoms with Gasteiger partial charge in [-0.3, -0.25) is 4.90 Å². The number of benzene rings is 1. The number of aliphatic hydroxyl groups is 1. The highest BCUT2D eigenvalue weighted by Gasteiger charge is 2.21. The van der Waals surface area contributed by atoms with Crippen LogP contribution >= 0.6 is 11.8 Å². The minimum atomic E-state index is 0.334. The average Bonchev–Trinajstić information content (AvgIpc) is 2.77. The van der Waals surface area contributed by atoms with Gasteiger partial charge in [0, 0.05) is 24.6 Å². The highest BCUT2D eigenvalue weighted by molar-refractivity contribution is 7.98. The van der Waals surface area contributed by atoms with E-state index in [2.05, 4.69) is 35.4 Å². The highest BCUT2D eigenvalue weighted by atomic mass is 32.2. The highest BCUT2D eigenvalue weighted by Crippen LogP contribution is 2.24. The Hall–Kier alpha value is -0.510. The Balaban J connectivity index is 1.99. The number of aliphatic hydroxyl groups excluding tert-OH is 1. The minimum absolute atomic E-state index is 0.334. The molecule has 1 atom stereocenters. The van der Waals surface area contributed by atoms with Gasteiger partial charge in [0.1, 0.15) is 0 Å². The summed E-state index contributed by atoms with van der Waals surface area (Å²) in [5.41, 5.74) is 1.41. The maximum Gasteiger partial charge on any atom is 0.0471 e. The van der Waals surface area contributed by atoms with E-state index in [4.69, 9.17) is 5.11 Å². The first-order valence-corrected chi connectivity index (χ1v) is 7.01. The lowest BCUT2D eigenvalue weighted by molar-refractivity contribution is 0.220. The molecule has 16 heavy (non-hydrogen) atoms. The third-order valence-corrected chi connectivity index (χ3v) is 4.05. The van der Waals surface area contributed by atoms with Crippen molar-refractivity contribution < 1.29 is 5.11 Å². The van der Waals surface area contributed by atoms with E-state index in [0.29, 0.717) is 12.5 Å². The molecule has 1 saturated heterocycles. The number of nitrogens with zero attached hydrogens (tertiary/aromatic N) is 1. The van der Waals surface area contributed by atoms with Crippen molar-refractivity contribution in [3.63, 3.8) is 0 Å². The van der Waals surface area contributed by atoms with Crippen LogP contribution in [0.1, 0.15) is 12.0 Å². The fraction of sp³-hybridized carbons (Fsp3) is 0.538. The normalized spacial score (nSPS) is 21.5. The van der Waals surface area contributed by atoms with Crippen LogP contribution in [-0.2, 0) is 6.54 Å². The molecule has 0 amide bonds. The summed E-state index contributed by atoms with van der Waals surface area (Å²) in [7, 11) is 0. The van der Waals surface area contributed by atoms with E-state index in [1.807, 2.05) is 11.8 Å².